The van der Waals surface area contributed by atoms with Crippen LogP contribution in [0.25, 0.3) is 0 Å². The summed E-state index contributed by atoms with van der Waals surface area (Å²) in [4.78, 5) is 12.3. The zero-order valence-electron chi connectivity index (χ0n) is 11.3. The van der Waals surface area contributed by atoms with E-state index in [1.165, 1.54) is 5.56 Å². The third-order valence-corrected chi connectivity index (χ3v) is 4.18. The predicted octanol–water partition coefficient (Wildman–Crippen LogP) is 2.94. The van der Waals surface area contributed by atoms with E-state index in [2.05, 4.69) is 6.07 Å². The lowest BCUT2D eigenvalue weighted by atomic mass is 9.85. The van der Waals surface area contributed by atoms with Crippen LogP contribution in [-0.2, 0) is 9.53 Å². The summed E-state index contributed by atoms with van der Waals surface area (Å²) in [7, 11) is 0. The summed E-state index contributed by atoms with van der Waals surface area (Å²) >= 11 is 0. The molecule has 0 saturated carbocycles. The Hall–Kier alpha value is -1.35. The number of hydrogen-bond acceptors (Lipinski definition) is 3. The highest BCUT2D eigenvalue weighted by atomic mass is 16.5. The van der Waals surface area contributed by atoms with Gasteiger partial charge in [0.25, 0.3) is 0 Å². The lowest BCUT2D eigenvalue weighted by molar-refractivity contribution is -0.123. The molecule has 3 rings (SSSR count). The monoisotopic (exact) mass is 260 g/mol. The number of Topliss-reactive ketones (excluding diaryl/α,β-unsaturated/α-hetero) is 1. The van der Waals surface area contributed by atoms with Crippen LogP contribution < -0.4 is 4.74 Å². The Bertz CT molecular complexity index is 469. The molecule has 0 aromatic heterocycles. The van der Waals surface area contributed by atoms with Gasteiger partial charge in [-0.3, -0.25) is 4.79 Å². The van der Waals surface area contributed by atoms with Gasteiger partial charge in [-0.05, 0) is 37.3 Å². The summed E-state index contributed by atoms with van der Waals surface area (Å²) < 4.78 is 11.1. The number of carbonyl (C=O) groups excluding carboxylic acids is 1. The average Bonchev–Trinajstić information content (AvgIpc) is 2.86. The van der Waals surface area contributed by atoms with E-state index in [9.17, 15) is 4.79 Å². The normalized spacial score (nSPS) is 29.6. The lowest BCUT2D eigenvalue weighted by Gasteiger charge is -2.26. The molecule has 2 aliphatic rings. The van der Waals surface area contributed by atoms with E-state index in [0.29, 0.717) is 31.3 Å². The first-order valence-corrected chi connectivity index (χ1v) is 7.10. The van der Waals surface area contributed by atoms with Crippen molar-refractivity contribution in [3.8, 4) is 5.75 Å². The molecule has 3 atom stereocenters. The lowest BCUT2D eigenvalue weighted by Crippen LogP contribution is -2.21. The Morgan fingerprint density at radius 3 is 3.00 bits per heavy atom. The third kappa shape index (κ3) is 2.66. The Kier molecular flexibility index (Phi) is 3.56. The van der Waals surface area contributed by atoms with E-state index in [0.717, 1.165) is 18.6 Å². The van der Waals surface area contributed by atoms with Gasteiger partial charge in [-0.25, -0.2) is 0 Å². The summed E-state index contributed by atoms with van der Waals surface area (Å²) in [5.41, 5.74) is 1.19. The number of benzene rings is 1. The SMILES string of the molecule is CC1CC(C(=O)CC2CCOc3ccccc32)CO1. The highest BCUT2D eigenvalue weighted by Gasteiger charge is 2.31. The average molecular weight is 260 g/mol. The summed E-state index contributed by atoms with van der Waals surface area (Å²) in [6.07, 6.45) is 2.67. The van der Waals surface area contributed by atoms with E-state index < -0.39 is 0 Å². The topological polar surface area (TPSA) is 35.5 Å². The summed E-state index contributed by atoms with van der Waals surface area (Å²) in [5, 5.41) is 0. The molecule has 1 aromatic rings. The van der Waals surface area contributed by atoms with Crippen molar-refractivity contribution in [2.45, 2.75) is 38.2 Å². The van der Waals surface area contributed by atoms with Crippen LogP contribution in [0.3, 0.4) is 0 Å². The van der Waals surface area contributed by atoms with Gasteiger partial charge in [0.15, 0.2) is 0 Å². The van der Waals surface area contributed by atoms with Crippen LogP contribution in [0.4, 0.5) is 0 Å². The van der Waals surface area contributed by atoms with Gasteiger partial charge >= 0.3 is 0 Å². The van der Waals surface area contributed by atoms with E-state index in [4.69, 9.17) is 9.47 Å². The molecular weight excluding hydrogens is 240 g/mol. The van der Waals surface area contributed by atoms with E-state index >= 15 is 0 Å². The molecule has 2 heterocycles. The van der Waals surface area contributed by atoms with Crippen LogP contribution in [0, 0.1) is 5.92 Å². The first-order chi connectivity index (χ1) is 9.24. The summed E-state index contributed by atoms with van der Waals surface area (Å²) in [5.74, 6) is 1.71. The molecule has 0 bridgehead atoms. The summed E-state index contributed by atoms with van der Waals surface area (Å²) in [6, 6.07) is 8.08. The van der Waals surface area contributed by atoms with Crippen LogP contribution >= 0.6 is 0 Å². The second-order valence-electron chi connectivity index (χ2n) is 5.62. The fourth-order valence-electron chi connectivity index (χ4n) is 3.08. The van der Waals surface area contributed by atoms with Gasteiger partial charge in [0.1, 0.15) is 11.5 Å². The molecule has 2 aliphatic heterocycles. The minimum Gasteiger partial charge on any atom is -0.493 e. The molecule has 1 saturated heterocycles. The van der Waals surface area contributed by atoms with Crippen LogP contribution in [0.2, 0.25) is 0 Å². The number of para-hydroxylation sites is 1. The van der Waals surface area contributed by atoms with E-state index in [1.54, 1.807) is 0 Å². The Morgan fingerprint density at radius 1 is 1.37 bits per heavy atom. The minimum absolute atomic E-state index is 0.102. The van der Waals surface area contributed by atoms with Gasteiger partial charge in [-0.2, -0.15) is 0 Å². The second kappa shape index (κ2) is 5.33. The van der Waals surface area contributed by atoms with Gasteiger partial charge in [-0.15, -0.1) is 0 Å². The zero-order chi connectivity index (χ0) is 13.2. The second-order valence-corrected chi connectivity index (χ2v) is 5.62. The Labute approximate surface area is 113 Å². The molecule has 102 valence electrons. The Morgan fingerprint density at radius 2 is 2.21 bits per heavy atom. The standard InChI is InChI=1S/C16H20O3/c1-11-8-13(10-19-11)15(17)9-12-6-7-18-16-5-3-2-4-14(12)16/h2-5,11-13H,6-10H2,1H3. The molecule has 1 fully saturated rings. The van der Waals surface area contributed by atoms with Crippen molar-refractivity contribution in [2.75, 3.05) is 13.2 Å². The molecule has 19 heavy (non-hydrogen) atoms. The van der Waals surface area contributed by atoms with E-state index in [1.807, 2.05) is 25.1 Å². The molecule has 3 heteroatoms. The summed E-state index contributed by atoms with van der Waals surface area (Å²) in [6.45, 7) is 3.36. The van der Waals surface area contributed by atoms with Crippen LogP contribution in [0.1, 0.15) is 37.7 Å². The van der Waals surface area contributed by atoms with Crippen molar-refractivity contribution in [1.82, 2.24) is 0 Å². The molecule has 0 spiro atoms. The van der Waals surface area contributed by atoms with Gasteiger partial charge in [0.05, 0.1) is 19.3 Å². The van der Waals surface area contributed by atoms with Crippen molar-refractivity contribution in [1.29, 1.82) is 0 Å². The molecule has 0 aliphatic carbocycles. The van der Waals surface area contributed by atoms with Crippen LogP contribution in [0.15, 0.2) is 24.3 Å². The van der Waals surface area contributed by atoms with Crippen molar-refractivity contribution < 1.29 is 14.3 Å². The quantitative estimate of drug-likeness (QED) is 0.838. The molecule has 0 radical (unpaired) electrons. The number of rotatable bonds is 3. The largest absolute Gasteiger partial charge is 0.493 e. The smallest absolute Gasteiger partial charge is 0.138 e. The van der Waals surface area contributed by atoms with Gasteiger partial charge in [0, 0.05) is 12.3 Å². The predicted molar refractivity (Wildman–Crippen MR) is 72.4 cm³/mol. The molecular formula is C16H20O3. The fourth-order valence-corrected chi connectivity index (χ4v) is 3.08. The fraction of sp³-hybridized carbons (Fsp3) is 0.562. The van der Waals surface area contributed by atoms with Gasteiger partial charge in [-0.1, -0.05) is 18.2 Å². The Balaban J connectivity index is 1.69. The number of carbonyl (C=O) groups is 1. The molecule has 3 unspecified atom stereocenters. The number of hydrogen-bond donors (Lipinski definition) is 0. The van der Waals surface area contributed by atoms with Gasteiger partial charge < -0.3 is 9.47 Å². The highest BCUT2D eigenvalue weighted by molar-refractivity contribution is 5.82. The van der Waals surface area contributed by atoms with Crippen LogP contribution in [-0.4, -0.2) is 25.1 Å². The van der Waals surface area contributed by atoms with Crippen molar-refractivity contribution in [2.24, 2.45) is 5.92 Å². The molecule has 3 nitrogen and oxygen atoms in total. The maximum absolute atomic E-state index is 12.3. The highest BCUT2D eigenvalue weighted by Crippen LogP contribution is 2.36. The first kappa shape index (κ1) is 12.7. The molecule has 0 amide bonds. The number of ether oxygens (including phenoxy) is 2. The minimum atomic E-state index is 0.102. The molecule has 1 aromatic carbocycles. The maximum atomic E-state index is 12.3. The van der Waals surface area contributed by atoms with Crippen molar-refractivity contribution in [3.05, 3.63) is 29.8 Å². The maximum Gasteiger partial charge on any atom is 0.138 e. The molecule has 0 N–H and O–H groups in total. The zero-order valence-corrected chi connectivity index (χ0v) is 11.3. The van der Waals surface area contributed by atoms with Gasteiger partial charge in [0.2, 0.25) is 0 Å². The van der Waals surface area contributed by atoms with Crippen LogP contribution in [0.5, 0.6) is 5.75 Å². The number of ketones is 1. The first-order valence-electron chi connectivity index (χ1n) is 7.10. The van der Waals surface area contributed by atoms with E-state index in [-0.39, 0.29) is 12.0 Å². The van der Waals surface area contributed by atoms with Crippen molar-refractivity contribution >= 4 is 5.78 Å². The third-order valence-electron chi connectivity index (χ3n) is 4.18. The number of fused-ring (bicyclic) bond motifs is 1. The van der Waals surface area contributed by atoms with Crippen molar-refractivity contribution in [3.63, 3.8) is 0 Å².